The maximum absolute atomic E-state index is 11.4. The number of carboxylic acid groups (broad SMARTS) is 1. The summed E-state index contributed by atoms with van der Waals surface area (Å²) in [6.45, 7) is 6.86. The molecule has 0 spiro atoms. The fourth-order valence-electron chi connectivity index (χ4n) is 9.53. The molecule has 0 aromatic rings. The topological polar surface area (TPSA) is 137 Å². The molecule has 0 aromatic carbocycles. The zero-order valence-corrected chi connectivity index (χ0v) is 21.3. The largest absolute Gasteiger partial charge is 0.479 e. The lowest BCUT2D eigenvalue weighted by Gasteiger charge is -2.61. The van der Waals surface area contributed by atoms with Gasteiger partial charge in [-0.15, -0.1) is 0 Å². The molecule has 8 heteroatoms. The highest BCUT2D eigenvalue weighted by molar-refractivity contribution is 5.73. The first-order valence-corrected chi connectivity index (χ1v) is 13.7. The molecule has 1 heterocycles. The van der Waals surface area contributed by atoms with Gasteiger partial charge in [-0.05, 0) is 105 Å². The molecule has 35 heavy (non-hydrogen) atoms. The Balaban J connectivity index is 1.26. The zero-order valence-electron chi connectivity index (χ0n) is 21.3. The smallest absolute Gasteiger partial charge is 0.335 e. The Hall–Kier alpha value is -0.770. The Morgan fingerprint density at radius 1 is 0.914 bits per heavy atom. The molecule has 200 valence electrons. The lowest BCUT2D eigenvalue weighted by molar-refractivity contribution is -0.309. The van der Waals surface area contributed by atoms with Gasteiger partial charge in [0.2, 0.25) is 0 Å². The third-order valence-electron chi connectivity index (χ3n) is 11.4. The average Bonchev–Trinajstić information content (AvgIpc) is 3.17. The van der Waals surface area contributed by atoms with Crippen molar-refractivity contribution in [2.75, 3.05) is 0 Å². The van der Waals surface area contributed by atoms with E-state index < -0.39 is 36.7 Å². The molecule has 14 atom stereocenters. The highest BCUT2D eigenvalue weighted by Gasteiger charge is 2.61. The van der Waals surface area contributed by atoms with Crippen LogP contribution in [0.4, 0.5) is 0 Å². The Morgan fingerprint density at radius 2 is 1.60 bits per heavy atom. The van der Waals surface area contributed by atoms with Crippen molar-refractivity contribution in [3.63, 3.8) is 0 Å². The molecular formula is C27H44O8. The van der Waals surface area contributed by atoms with Crippen LogP contribution in [0.25, 0.3) is 0 Å². The molecule has 1 saturated heterocycles. The molecule has 4 aliphatic carbocycles. The number of hydrogen-bond donors (Lipinski definition) is 5. The molecule has 0 bridgehead atoms. The highest BCUT2D eigenvalue weighted by Crippen LogP contribution is 2.67. The fourth-order valence-corrected chi connectivity index (χ4v) is 9.53. The van der Waals surface area contributed by atoms with Crippen LogP contribution in [0.2, 0.25) is 0 Å². The van der Waals surface area contributed by atoms with E-state index in [4.69, 9.17) is 9.47 Å². The predicted molar refractivity (Wildman–Crippen MR) is 126 cm³/mol. The molecule has 5 fully saturated rings. The highest BCUT2D eigenvalue weighted by atomic mass is 16.7. The third kappa shape index (κ3) is 4.07. The molecule has 5 rings (SSSR count). The number of fused-ring (bicyclic) bond motifs is 5. The number of ether oxygens (including phenoxy) is 2. The van der Waals surface area contributed by atoms with E-state index in [9.17, 15) is 30.3 Å². The van der Waals surface area contributed by atoms with Crippen molar-refractivity contribution in [3.05, 3.63) is 0 Å². The minimum Gasteiger partial charge on any atom is -0.479 e. The van der Waals surface area contributed by atoms with Crippen LogP contribution in [0.15, 0.2) is 0 Å². The summed E-state index contributed by atoms with van der Waals surface area (Å²) in [6, 6.07) is 0. The van der Waals surface area contributed by atoms with Crippen molar-refractivity contribution in [1.82, 2.24) is 0 Å². The second-order valence-electron chi connectivity index (χ2n) is 12.9. The van der Waals surface area contributed by atoms with Crippen LogP contribution in [0.1, 0.15) is 78.6 Å². The van der Waals surface area contributed by atoms with Gasteiger partial charge < -0.3 is 35.0 Å². The molecule has 8 nitrogen and oxygen atoms in total. The molecule has 4 saturated carbocycles. The van der Waals surface area contributed by atoms with Crippen molar-refractivity contribution in [1.29, 1.82) is 0 Å². The van der Waals surface area contributed by atoms with E-state index in [1.54, 1.807) is 0 Å². The first-order chi connectivity index (χ1) is 16.5. The first-order valence-electron chi connectivity index (χ1n) is 13.7. The summed E-state index contributed by atoms with van der Waals surface area (Å²) in [5.41, 5.74) is 0.484. The van der Waals surface area contributed by atoms with Crippen molar-refractivity contribution >= 4 is 5.97 Å². The Bertz CT molecular complexity index is 804. The maximum atomic E-state index is 11.4. The van der Waals surface area contributed by atoms with Gasteiger partial charge in [0.1, 0.15) is 18.3 Å². The number of carbonyl (C=O) groups is 1. The van der Waals surface area contributed by atoms with Crippen LogP contribution in [0.5, 0.6) is 0 Å². The number of aliphatic hydroxyl groups is 4. The van der Waals surface area contributed by atoms with E-state index in [0.717, 1.165) is 32.1 Å². The van der Waals surface area contributed by atoms with Gasteiger partial charge >= 0.3 is 5.97 Å². The normalized spacial score (nSPS) is 54.9. The minimum atomic E-state index is -1.70. The van der Waals surface area contributed by atoms with Gasteiger partial charge in [0.15, 0.2) is 12.4 Å². The number of aliphatic carboxylic acids is 1. The lowest BCUT2D eigenvalue weighted by Crippen LogP contribution is -2.61. The summed E-state index contributed by atoms with van der Waals surface area (Å²) in [4.78, 5) is 11.4. The van der Waals surface area contributed by atoms with Crippen LogP contribution >= 0.6 is 0 Å². The summed E-state index contributed by atoms with van der Waals surface area (Å²) < 4.78 is 11.4. The molecule has 5 aliphatic rings. The van der Waals surface area contributed by atoms with Crippen LogP contribution < -0.4 is 0 Å². The quantitative estimate of drug-likeness (QED) is 0.292. The Morgan fingerprint density at radius 3 is 2.29 bits per heavy atom. The monoisotopic (exact) mass is 501 g/mol. The van der Waals surface area contributed by atoms with Crippen molar-refractivity contribution < 1.29 is 39.8 Å². The van der Waals surface area contributed by atoms with Gasteiger partial charge in [0.05, 0.1) is 12.2 Å². The van der Waals surface area contributed by atoms with Crippen molar-refractivity contribution in [2.45, 2.75) is 121 Å². The summed E-state index contributed by atoms with van der Waals surface area (Å²) in [6.07, 6.45) is 1.63. The predicted octanol–water partition coefficient (Wildman–Crippen LogP) is 2.30. The van der Waals surface area contributed by atoms with E-state index in [0.29, 0.717) is 29.6 Å². The molecule has 0 radical (unpaired) electrons. The molecule has 5 N–H and O–H groups in total. The zero-order chi connectivity index (χ0) is 25.3. The van der Waals surface area contributed by atoms with E-state index in [1.807, 2.05) is 6.92 Å². The van der Waals surface area contributed by atoms with Gasteiger partial charge in [-0.2, -0.15) is 0 Å². The Kier molecular flexibility index (Phi) is 6.80. The summed E-state index contributed by atoms with van der Waals surface area (Å²) in [5.74, 6) is 1.60. The molecule has 1 aliphatic heterocycles. The SMILES string of the molecule is C[C@]12CCC3C(CC[C@@H]4[13CH2][13C@H](O[C@H]5O[C@H](C(=O)O)[C@H](O)[C@@H](O)C5O)[13CH2]C[C@]34C)C1CC[C@@H]2[13C@@H]([13CH3])O. The Labute approximate surface area is 208 Å². The standard InChI is InChI=1S/C27H44O8/c1-13(28)17-6-7-18-16-5-4-14-12-15(8-10-26(14,2)19(16)9-11-27(17,18)3)34-25-22(31)20(29)21(30)23(35-25)24(32)33/h13-23,25,28-31H,4-12H2,1-3H3,(H,32,33)/t13-,14-,15-,16?,17-,18?,19?,20-,21-,22?,23+,25+,26+,27-/m1/s1/i1+1,8+1,12+1,13+1,15+1. The van der Waals surface area contributed by atoms with E-state index >= 15 is 0 Å². The second-order valence-corrected chi connectivity index (χ2v) is 12.9. The molecule has 0 amide bonds. The van der Waals surface area contributed by atoms with Crippen molar-refractivity contribution in [2.24, 2.45) is 40.4 Å². The van der Waals surface area contributed by atoms with Crippen LogP contribution in [0, 0.1) is 40.4 Å². The number of aliphatic hydroxyl groups excluding tert-OH is 4. The van der Waals surface area contributed by atoms with Gasteiger partial charge in [-0.1, -0.05) is 13.8 Å². The molecular weight excluding hydrogens is 457 g/mol. The summed E-state index contributed by atoms with van der Waals surface area (Å²) in [5, 5.41) is 50.2. The van der Waals surface area contributed by atoms with E-state index in [2.05, 4.69) is 13.8 Å². The van der Waals surface area contributed by atoms with Gasteiger partial charge in [-0.3, -0.25) is 0 Å². The van der Waals surface area contributed by atoms with Gasteiger partial charge in [0.25, 0.3) is 0 Å². The second kappa shape index (κ2) is 9.21. The van der Waals surface area contributed by atoms with Gasteiger partial charge in [0, 0.05) is 0 Å². The minimum absolute atomic E-state index is 0.180. The number of carboxylic acids is 1. The lowest BCUT2D eigenvalue weighted by atomic mass is 9.47. The average molecular weight is 502 g/mol. The van der Waals surface area contributed by atoms with E-state index in [1.165, 1.54) is 25.7 Å². The summed E-state index contributed by atoms with van der Waals surface area (Å²) >= 11 is 0. The third-order valence-corrected chi connectivity index (χ3v) is 11.4. The fraction of sp³-hybridized carbons (Fsp3) is 0.963. The maximum Gasteiger partial charge on any atom is 0.335 e. The molecule has 0 aromatic heterocycles. The van der Waals surface area contributed by atoms with Gasteiger partial charge in [-0.25, -0.2) is 4.79 Å². The molecule has 4 unspecified atom stereocenters. The first kappa shape index (κ1) is 25.9. The number of hydrogen-bond acceptors (Lipinski definition) is 7. The van der Waals surface area contributed by atoms with Crippen LogP contribution in [0.3, 0.4) is 0 Å². The summed E-state index contributed by atoms with van der Waals surface area (Å²) in [7, 11) is 0. The van der Waals surface area contributed by atoms with E-state index in [-0.39, 0.29) is 23.0 Å². The van der Waals surface area contributed by atoms with Crippen molar-refractivity contribution in [3.8, 4) is 0 Å². The number of rotatable bonds is 4. The van der Waals surface area contributed by atoms with Crippen LogP contribution in [-0.4, -0.2) is 74.4 Å². The van der Waals surface area contributed by atoms with Crippen LogP contribution in [-0.2, 0) is 14.3 Å².